The average molecular weight is 294 g/mol. The molecule has 0 saturated heterocycles. The van der Waals surface area contributed by atoms with Crippen molar-refractivity contribution in [3.05, 3.63) is 59.8 Å². The fraction of sp³-hybridized carbons (Fsp3) is 0.0769. The second-order valence-electron chi connectivity index (χ2n) is 4.11. The first kappa shape index (κ1) is 14.5. The van der Waals surface area contributed by atoms with E-state index < -0.39 is 15.2 Å². The number of para-hydroxylation sites is 2. The Morgan fingerprint density at radius 1 is 1.05 bits per heavy atom. The quantitative estimate of drug-likeness (QED) is 0.821. The molecule has 0 amide bonds. The number of quaternary nitrogens is 1. The molecule has 1 atom stereocenters. The molecule has 2 rings (SSSR count). The van der Waals surface area contributed by atoms with E-state index in [1.54, 1.807) is 30.3 Å². The summed E-state index contributed by atoms with van der Waals surface area (Å²) in [5.74, 6) is 0. The topological polar surface area (TPSA) is 85.1 Å². The minimum Gasteiger partial charge on any atom is -0.595 e. The number of sulfonamides is 1. The molecule has 0 aromatic heterocycles. The highest BCUT2D eigenvalue weighted by atomic mass is 32.2. The number of nitrogens with zero attached hydrogens (tertiary/aromatic N) is 1. The summed E-state index contributed by atoms with van der Waals surface area (Å²) in [6.45, 7) is 0. The largest absolute Gasteiger partial charge is 0.595 e. The molecule has 0 aliphatic heterocycles. The van der Waals surface area contributed by atoms with Gasteiger partial charge in [0, 0.05) is 13.1 Å². The van der Waals surface area contributed by atoms with Gasteiger partial charge in [0.2, 0.25) is 0 Å². The molecular weight excluding hydrogens is 280 g/mol. The third kappa shape index (κ3) is 2.66. The number of anilines is 1. The van der Waals surface area contributed by atoms with Crippen LogP contribution in [-0.2, 0) is 10.0 Å². The molecule has 2 N–H and O–H groups in total. The van der Waals surface area contributed by atoms with Crippen molar-refractivity contribution < 1.29 is 18.9 Å². The van der Waals surface area contributed by atoms with Crippen molar-refractivity contribution in [3.63, 3.8) is 0 Å². The third-order valence-corrected chi connectivity index (χ3v) is 4.72. The summed E-state index contributed by atoms with van der Waals surface area (Å²) in [6, 6.07) is 14.0. The van der Waals surface area contributed by atoms with E-state index in [0.717, 1.165) is 4.31 Å². The van der Waals surface area contributed by atoms with Gasteiger partial charge >= 0.3 is 0 Å². The van der Waals surface area contributed by atoms with E-state index in [4.69, 9.17) is 5.21 Å². The molecule has 7 heteroatoms. The standard InChI is InChI=1S/C13H14N2O4S/c1-14(11-7-3-2-4-8-11)20(18,19)13-10-6-5-9-12(13)15(16)17/h2-10,15-16H,1H3. The second-order valence-corrected chi connectivity index (χ2v) is 6.05. The van der Waals surface area contributed by atoms with Crippen LogP contribution in [0.2, 0.25) is 0 Å². The van der Waals surface area contributed by atoms with Gasteiger partial charge in [-0.1, -0.05) is 30.3 Å². The fourth-order valence-electron chi connectivity index (χ4n) is 1.79. The Balaban J connectivity index is 2.51. The third-order valence-electron chi connectivity index (χ3n) is 2.88. The molecule has 6 nitrogen and oxygen atoms in total. The van der Waals surface area contributed by atoms with Gasteiger partial charge in [0.05, 0.1) is 5.69 Å². The van der Waals surface area contributed by atoms with E-state index in [1.807, 2.05) is 0 Å². The minimum atomic E-state index is -3.92. The lowest BCUT2D eigenvalue weighted by molar-refractivity contribution is -0.992. The maximum Gasteiger partial charge on any atom is 0.270 e. The van der Waals surface area contributed by atoms with Crippen molar-refractivity contribution in [2.45, 2.75) is 4.90 Å². The van der Waals surface area contributed by atoms with Crippen molar-refractivity contribution in [1.29, 1.82) is 0 Å². The number of hydrogen-bond donors (Lipinski definition) is 2. The van der Waals surface area contributed by atoms with E-state index in [9.17, 15) is 13.6 Å². The van der Waals surface area contributed by atoms with Gasteiger partial charge in [0.15, 0.2) is 10.6 Å². The Morgan fingerprint density at radius 2 is 1.60 bits per heavy atom. The van der Waals surface area contributed by atoms with Crippen LogP contribution >= 0.6 is 0 Å². The van der Waals surface area contributed by atoms with Gasteiger partial charge in [-0.25, -0.2) is 13.6 Å². The van der Waals surface area contributed by atoms with Crippen molar-refractivity contribution in [2.75, 3.05) is 11.4 Å². The normalized spacial score (nSPS) is 12.9. The fourth-order valence-corrected chi connectivity index (χ4v) is 3.17. The summed E-state index contributed by atoms with van der Waals surface area (Å²) in [7, 11) is -2.52. The highest BCUT2D eigenvalue weighted by Crippen LogP contribution is 2.25. The molecule has 0 spiro atoms. The number of hydrogen-bond acceptors (Lipinski definition) is 4. The highest BCUT2D eigenvalue weighted by Gasteiger charge is 2.27. The molecule has 106 valence electrons. The lowest BCUT2D eigenvalue weighted by Gasteiger charge is -2.22. The van der Waals surface area contributed by atoms with Gasteiger partial charge in [-0.05, 0) is 18.2 Å². The molecule has 0 heterocycles. The summed E-state index contributed by atoms with van der Waals surface area (Å²) < 4.78 is 26.1. The Morgan fingerprint density at radius 3 is 2.20 bits per heavy atom. The molecule has 0 fully saturated rings. The van der Waals surface area contributed by atoms with Gasteiger partial charge in [-0.15, -0.1) is 0 Å². The van der Waals surface area contributed by atoms with Crippen LogP contribution in [0, 0.1) is 5.21 Å². The van der Waals surface area contributed by atoms with Crippen LogP contribution in [0.3, 0.4) is 0 Å². The van der Waals surface area contributed by atoms with Crippen molar-refractivity contribution in [3.8, 4) is 0 Å². The Bertz CT molecular complexity index is 687. The SMILES string of the molecule is CN(c1ccccc1)S(=O)(=O)c1ccccc1[NH+]([O-])O. The predicted octanol–water partition coefficient (Wildman–Crippen LogP) is 0.915. The molecule has 0 bridgehead atoms. The maximum absolute atomic E-state index is 12.5. The smallest absolute Gasteiger partial charge is 0.270 e. The first-order chi connectivity index (χ1) is 9.44. The van der Waals surface area contributed by atoms with Crippen LogP contribution in [0.4, 0.5) is 11.4 Å². The first-order valence-corrected chi connectivity index (χ1v) is 7.25. The summed E-state index contributed by atoms with van der Waals surface area (Å²) in [5.41, 5.74) is 0.225. The van der Waals surface area contributed by atoms with Crippen LogP contribution < -0.4 is 9.53 Å². The van der Waals surface area contributed by atoms with Crippen LogP contribution in [0.5, 0.6) is 0 Å². The van der Waals surface area contributed by atoms with E-state index in [2.05, 4.69) is 0 Å². The zero-order valence-electron chi connectivity index (χ0n) is 10.7. The lowest BCUT2D eigenvalue weighted by atomic mass is 10.3. The molecule has 20 heavy (non-hydrogen) atoms. The molecule has 2 aromatic rings. The van der Waals surface area contributed by atoms with Gasteiger partial charge in [0.1, 0.15) is 0 Å². The average Bonchev–Trinajstić information content (AvgIpc) is 2.47. The van der Waals surface area contributed by atoms with Gasteiger partial charge in [-0.2, -0.15) is 5.23 Å². The Labute approximate surface area is 117 Å². The predicted molar refractivity (Wildman–Crippen MR) is 74.2 cm³/mol. The Kier molecular flexibility index (Phi) is 4.05. The van der Waals surface area contributed by atoms with Crippen LogP contribution in [0.15, 0.2) is 59.5 Å². The van der Waals surface area contributed by atoms with E-state index >= 15 is 0 Å². The summed E-state index contributed by atoms with van der Waals surface area (Å²) in [5, 5.41) is 19.0. The van der Waals surface area contributed by atoms with E-state index in [1.165, 1.54) is 31.3 Å². The molecule has 0 aliphatic rings. The summed E-state index contributed by atoms with van der Waals surface area (Å²) in [4.78, 5) is -0.223. The molecule has 0 aliphatic carbocycles. The Hall–Kier alpha value is -1.93. The van der Waals surface area contributed by atoms with Crippen LogP contribution in [0.25, 0.3) is 0 Å². The van der Waals surface area contributed by atoms with E-state index in [0.29, 0.717) is 5.69 Å². The monoisotopic (exact) mass is 294 g/mol. The summed E-state index contributed by atoms with van der Waals surface area (Å²) in [6.07, 6.45) is 0. The number of nitrogens with one attached hydrogen (secondary N) is 1. The van der Waals surface area contributed by atoms with Crippen molar-refractivity contribution in [2.24, 2.45) is 0 Å². The highest BCUT2D eigenvalue weighted by molar-refractivity contribution is 7.93. The lowest BCUT2D eigenvalue weighted by Crippen LogP contribution is -2.99. The molecule has 1 unspecified atom stereocenters. The van der Waals surface area contributed by atoms with E-state index in [-0.39, 0.29) is 10.6 Å². The minimum absolute atomic E-state index is 0.223. The van der Waals surface area contributed by atoms with Crippen LogP contribution in [-0.4, -0.2) is 20.7 Å². The van der Waals surface area contributed by atoms with Gasteiger partial charge < -0.3 is 5.21 Å². The molecule has 2 aromatic carbocycles. The van der Waals surface area contributed by atoms with Crippen molar-refractivity contribution >= 4 is 21.4 Å². The molecule has 0 radical (unpaired) electrons. The zero-order chi connectivity index (χ0) is 14.8. The zero-order valence-corrected chi connectivity index (χ0v) is 11.5. The second kappa shape index (κ2) is 5.59. The maximum atomic E-state index is 12.5. The number of rotatable bonds is 4. The van der Waals surface area contributed by atoms with Gasteiger partial charge in [-0.3, -0.25) is 4.31 Å². The first-order valence-electron chi connectivity index (χ1n) is 5.81. The molecular formula is C13H14N2O4S. The van der Waals surface area contributed by atoms with Crippen molar-refractivity contribution in [1.82, 2.24) is 0 Å². The van der Waals surface area contributed by atoms with Gasteiger partial charge in [0.25, 0.3) is 10.0 Å². The number of benzene rings is 2. The molecule has 0 saturated carbocycles. The summed E-state index contributed by atoms with van der Waals surface area (Å²) >= 11 is 0. The van der Waals surface area contributed by atoms with Crippen LogP contribution in [0.1, 0.15) is 0 Å².